The number of rotatable bonds is 1. The first-order chi connectivity index (χ1) is 6.06. The molecule has 0 spiro atoms. The predicted molar refractivity (Wildman–Crippen MR) is 45.8 cm³/mol. The van der Waals surface area contributed by atoms with Crippen LogP contribution in [0.4, 0.5) is 0 Å². The van der Waals surface area contributed by atoms with Gasteiger partial charge in [-0.1, -0.05) is 0 Å². The van der Waals surface area contributed by atoms with E-state index >= 15 is 0 Å². The highest BCUT2D eigenvalue weighted by molar-refractivity contribution is 5.84. The Labute approximate surface area is 76.8 Å². The predicted octanol–water partition coefficient (Wildman–Crippen LogP) is -0.892. The molecule has 0 bridgehead atoms. The normalized spacial score (nSPS) is 27.5. The van der Waals surface area contributed by atoms with E-state index < -0.39 is 6.04 Å². The fourth-order valence-electron chi connectivity index (χ4n) is 1.58. The summed E-state index contributed by atoms with van der Waals surface area (Å²) in [5.74, 6) is -0.522. The van der Waals surface area contributed by atoms with Crippen molar-refractivity contribution >= 4 is 11.9 Å². The first kappa shape index (κ1) is 9.98. The van der Waals surface area contributed by atoms with Crippen LogP contribution in [0.15, 0.2) is 0 Å². The van der Waals surface area contributed by atoms with Crippen molar-refractivity contribution in [3.05, 3.63) is 0 Å². The summed E-state index contributed by atoms with van der Waals surface area (Å²) < 4.78 is 4.57. The Kier molecular flexibility index (Phi) is 2.87. The standard InChI is InChI=1S/C8H14N2O3/c1-5(11)10-4-6(9)3-7(10)8(12)13-2/h6-7H,3-4,9H2,1-2H3/t6-,7-/m1/s1. The van der Waals surface area contributed by atoms with E-state index in [0.717, 1.165) is 0 Å². The Balaban J connectivity index is 2.71. The molecule has 1 amide bonds. The van der Waals surface area contributed by atoms with Crippen LogP contribution < -0.4 is 5.73 Å². The molecule has 0 aromatic heterocycles. The van der Waals surface area contributed by atoms with Gasteiger partial charge >= 0.3 is 5.97 Å². The first-order valence-corrected chi connectivity index (χ1v) is 4.17. The molecule has 5 nitrogen and oxygen atoms in total. The minimum atomic E-state index is -0.488. The average molecular weight is 186 g/mol. The van der Waals surface area contributed by atoms with Crippen LogP contribution in [0.2, 0.25) is 0 Å². The number of hydrogen-bond donors (Lipinski definition) is 1. The Morgan fingerprint density at radius 1 is 1.54 bits per heavy atom. The second kappa shape index (κ2) is 3.74. The summed E-state index contributed by atoms with van der Waals surface area (Å²) in [6, 6.07) is -0.606. The average Bonchev–Trinajstić information content (AvgIpc) is 2.46. The maximum atomic E-state index is 11.2. The molecule has 74 valence electrons. The van der Waals surface area contributed by atoms with Gasteiger partial charge in [0, 0.05) is 19.5 Å². The number of nitrogens with two attached hydrogens (primary N) is 1. The largest absolute Gasteiger partial charge is 0.467 e. The number of carbonyl (C=O) groups is 2. The van der Waals surface area contributed by atoms with Gasteiger partial charge in [0.05, 0.1) is 7.11 Å². The van der Waals surface area contributed by atoms with Gasteiger partial charge in [-0.05, 0) is 6.42 Å². The summed E-state index contributed by atoms with van der Waals surface area (Å²) in [5, 5.41) is 0. The maximum Gasteiger partial charge on any atom is 0.328 e. The lowest BCUT2D eigenvalue weighted by Gasteiger charge is -2.20. The molecule has 1 aliphatic heterocycles. The molecule has 1 fully saturated rings. The highest BCUT2D eigenvalue weighted by atomic mass is 16.5. The van der Waals surface area contributed by atoms with E-state index in [-0.39, 0.29) is 17.9 Å². The molecule has 0 saturated carbocycles. The van der Waals surface area contributed by atoms with E-state index in [1.165, 1.54) is 18.9 Å². The number of methoxy groups -OCH3 is 1. The molecule has 0 aromatic rings. The zero-order chi connectivity index (χ0) is 10.0. The lowest BCUT2D eigenvalue weighted by atomic mass is 10.2. The lowest BCUT2D eigenvalue weighted by molar-refractivity contribution is -0.150. The molecule has 0 unspecified atom stereocenters. The van der Waals surface area contributed by atoms with Gasteiger partial charge in [0.2, 0.25) is 5.91 Å². The van der Waals surface area contributed by atoms with Crippen LogP contribution in [0.3, 0.4) is 0 Å². The number of likely N-dealkylation sites (tertiary alicyclic amines) is 1. The van der Waals surface area contributed by atoms with Crippen molar-refractivity contribution in [2.75, 3.05) is 13.7 Å². The third-order valence-corrected chi connectivity index (χ3v) is 2.21. The van der Waals surface area contributed by atoms with E-state index in [4.69, 9.17) is 5.73 Å². The van der Waals surface area contributed by atoms with Crippen LogP contribution >= 0.6 is 0 Å². The van der Waals surface area contributed by atoms with Crippen molar-refractivity contribution in [1.82, 2.24) is 4.90 Å². The number of esters is 1. The Hall–Kier alpha value is -1.10. The lowest BCUT2D eigenvalue weighted by Crippen LogP contribution is -2.40. The van der Waals surface area contributed by atoms with Crippen molar-refractivity contribution in [2.45, 2.75) is 25.4 Å². The molecule has 1 aliphatic rings. The van der Waals surface area contributed by atoms with Gasteiger partial charge in [0.1, 0.15) is 6.04 Å². The SMILES string of the molecule is COC(=O)[C@H]1C[C@@H](N)CN1C(C)=O. The van der Waals surface area contributed by atoms with Crippen molar-refractivity contribution in [2.24, 2.45) is 5.73 Å². The molecule has 2 N–H and O–H groups in total. The summed E-state index contributed by atoms with van der Waals surface area (Å²) >= 11 is 0. The Bertz CT molecular complexity index is 229. The van der Waals surface area contributed by atoms with Gasteiger partial charge in [0.25, 0.3) is 0 Å². The van der Waals surface area contributed by atoms with Gasteiger partial charge in [0.15, 0.2) is 0 Å². The molecule has 0 aromatic carbocycles. The van der Waals surface area contributed by atoms with E-state index in [1.54, 1.807) is 0 Å². The van der Waals surface area contributed by atoms with E-state index in [9.17, 15) is 9.59 Å². The van der Waals surface area contributed by atoms with E-state index in [0.29, 0.717) is 13.0 Å². The zero-order valence-electron chi connectivity index (χ0n) is 7.82. The molecule has 5 heteroatoms. The minimum absolute atomic E-state index is 0.118. The quantitative estimate of drug-likeness (QED) is 0.539. The van der Waals surface area contributed by atoms with Crippen molar-refractivity contribution < 1.29 is 14.3 Å². The topological polar surface area (TPSA) is 72.6 Å². The second-order valence-corrected chi connectivity index (χ2v) is 3.21. The smallest absolute Gasteiger partial charge is 0.328 e. The maximum absolute atomic E-state index is 11.2. The van der Waals surface area contributed by atoms with Crippen LogP contribution in [0.1, 0.15) is 13.3 Å². The monoisotopic (exact) mass is 186 g/mol. The van der Waals surface area contributed by atoms with Crippen LogP contribution in [-0.2, 0) is 14.3 Å². The number of amides is 1. The number of hydrogen-bond acceptors (Lipinski definition) is 4. The third kappa shape index (κ3) is 1.98. The van der Waals surface area contributed by atoms with E-state index in [1.807, 2.05) is 0 Å². The van der Waals surface area contributed by atoms with Crippen LogP contribution in [-0.4, -0.2) is 42.5 Å². The van der Waals surface area contributed by atoms with Gasteiger partial charge < -0.3 is 15.4 Å². The summed E-state index contributed by atoms with van der Waals surface area (Å²) in [4.78, 5) is 23.7. The Morgan fingerprint density at radius 3 is 2.62 bits per heavy atom. The minimum Gasteiger partial charge on any atom is -0.467 e. The highest BCUT2D eigenvalue weighted by Crippen LogP contribution is 2.17. The van der Waals surface area contributed by atoms with Crippen molar-refractivity contribution in [3.63, 3.8) is 0 Å². The van der Waals surface area contributed by atoms with Gasteiger partial charge in [-0.3, -0.25) is 4.79 Å². The van der Waals surface area contributed by atoms with Gasteiger partial charge in [-0.2, -0.15) is 0 Å². The molecule has 0 aliphatic carbocycles. The summed E-state index contributed by atoms with van der Waals surface area (Å²) in [7, 11) is 1.31. The number of carbonyl (C=O) groups excluding carboxylic acids is 2. The molecular formula is C8H14N2O3. The van der Waals surface area contributed by atoms with E-state index in [2.05, 4.69) is 4.74 Å². The highest BCUT2D eigenvalue weighted by Gasteiger charge is 2.37. The molecule has 0 radical (unpaired) electrons. The van der Waals surface area contributed by atoms with Crippen molar-refractivity contribution in [3.8, 4) is 0 Å². The number of nitrogens with zero attached hydrogens (tertiary/aromatic N) is 1. The van der Waals surface area contributed by atoms with Gasteiger partial charge in [-0.25, -0.2) is 4.79 Å². The molecular weight excluding hydrogens is 172 g/mol. The Morgan fingerprint density at radius 2 is 2.15 bits per heavy atom. The van der Waals surface area contributed by atoms with Crippen LogP contribution in [0.5, 0.6) is 0 Å². The van der Waals surface area contributed by atoms with Gasteiger partial charge in [-0.15, -0.1) is 0 Å². The van der Waals surface area contributed by atoms with Crippen LogP contribution in [0.25, 0.3) is 0 Å². The molecule has 1 rings (SSSR count). The molecule has 1 heterocycles. The fourth-order valence-corrected chi connectivity index (χ4v) is 1.58. The first-order valence-electron chi connectivity index (χ1n) is 4.17. The van der Waals surface area contributed by atoms with Crippen molar-refractivity contribution in [1.29, 1.82) is 0 Å². The molecule has 2 atom stereocenters. The molecule has 13 heavy (non-hydrogen) atoms. The summed E-state index contributed by atoms with van der Waals surface area (Å²) in [5.41, 5.74) is 5.64. The molecule has 1 saturated heterocycles. The second-order valence-electron chi connectivity index (χ2n) is 3.21. The summed E-state index contributed by atoms with van der Waals surface area (Å²) in [6.07, 6.45) is 0.492. The third-order valence-electron chi connectivity index (χ3n) is 2.21. The summed E-state index contributed by atoms with van der Waals surface area (Å²) in [6.45, 7) is 1.86. The fraction of sp³-hybridized carbons (Fsp3) is 0.750. The number of ether oxygens (including phenoxy) is 1. The zero-order valence-corrected chi connectivity index (χ0v) is 7.82. The van der Waals surface area contributed by atoms with Crippen LogP contribution in [0, 0.1) is 0 Å².